The second-order valence-electron chi connectivity index (χ2n) is 7.40. The highest BCUT2D eigenvalue weighted by Crippen LogP contribution is 2.20. The number of fused-ring (bicyclic) bond motifs is 1. The predicted molar refractivity (Wildman–Crippen MR) is 105 cm³/mol. The molecule has 2 aromatic rings. The van der Waals surface area contributed by atoms with E-state index in [0.717, 1.165) is 31.0 Å². The summed E-state index contributed by atoms with van der Waals surface area (Å²) >= 11 is 5.88. The minimum Gasteiger partial charge on any atom is -0.355 e. The van der Waals surface area contributed by atoms with Gasteiger partial charge >= 0.3 is 0 Å². The van der Waals surface area contributed by atoms with Gasteiger partial charge < -0.3 is 14.8 Å². The molecule has 0 unspecified atom stereocenters. The van der Waals surface area contributed by atoms with Crippen molar-refractivity contribution in [3.63, 3.8) is 0 Å². The third kappa shape index (κ3) is 4.04. The van der Waals surface area contributed by atoms with Crippen LogP contribution in [0, 0.1) is 5.92 Å². The second-order valence-corrected chi connectivity index (χ2v) is 7.84. The zero-order valence-electron chi connectivity index (χ0n) is 15.7. The van der Waals surface area contributed by atoms with Gasteiger partial charge in [0, 0.05) is 55.5 Å². The SMILES string of the molecule is O=C(NCCc1nnc2n1CCC2)C1CCN(C(=O)c2ccc(Cl)cc2)CC1. The van der Waals surface area contributed by atoms with Gasteiger partial charge in [-0.2, -0.15) is 0 Å². The highest BCUT2D eigenvalue weighted by molar-refractivity contribution is 6.30. The maximum Gasteiger partial charge on any atom is 0.253 e. The van der Waals surface area contributed by atoms with Gasteiger partial charge in [-0.15, -0.1) is 10.2 Å². The number of aromatic nitrogens is 3. The Hall–Kier alpha value is -2.41. The van der Waals surface area contributed by atoms with Gasteiger partial charge in [0.25, 0.3) is 5.91 Å². The Bertz CT molecular complexity index is 856. The lowest BCUT2D eigenvalue weighted by Gasteiger charge is -2.31. The van der Waals surface area contributed by atoms with Crippen LogP contribution in [0.25, 0.3) is 0 Å². The number of hydrogen-bond donors (Lipinski definition) is 1. The zero-order chi connectivity index (χ0) is 19.5. The van der Waals surface area contributed by atoms with Crippen molar-refractivity contribution in [2.75, 3.05) is 19.6 Å². The summed E-state index contributed by atoms with van der Waals surface area (Å²) in [6.07, 6.45) is 4.19. The average Bonchev–Trinajstić information content (AvgIpc) is 3.33. The van der Waals surface area contributed by atoms with Crippen molar-refractivity contribution < 1.29 is 9.59 Å². The molecule has 0 atom stereocenters. The van der Waals surface area contributed by atoms with Crippen molar-refractivity contribution >= 4 is 23.4 Å². The first-order valence-corrected chi connectivity index (χ1v) is 10.2. The van der Waals surface area contributed by atoms with Gasteiger partial charge in [0.1, 0.15) is 11.6 Å². The van der Waals surface area contributed by atoms with E-state index in [1.54, 1.807) is 24.3 Å². The van der Waals surface area contributed by atoms with Crippen molar-refractivity contribution in [3.8, 4) is 0 Å². The first-order valence-electron chi connectivity index (χ1n) is 9.85. The fourth-order valence-corrected chi connectivity index (χ4v) is 4.08. The maximum absolute atomic E-state index is 12.6. The molecule has 2 amide bonds. The topological polar surface area (TPSA) is 80.1 Å². The summed E-state index contributed by atoms with van der Waals surface area (Å²) in [6, 6.07) is 6.93. The van der Waals surface area contributed by atoms with E-state index in [0.29, 0.717) is 49.5 Å². The first-order chi connectivity index (χ1) is 13.6. The Morgan fingerprint density at radius 2 is 1.86 bits per heavy atom. The summed E-state index contributed by atoms with van der Waals surface area (Å²) in [5, 5.41) is 12.1. The van der Waals surface area contributed by atoms with Crippen LogP contribution < -0.4 is 5.32 Å². The highest BCUT2D eigenvalue weighted by atomic mass is 35.5. The lowest BCUT2D eigenvalue weighted by Crippen LogP contribution is -2.43. The highest BCUT2D eigenvalue weighted by Gasteiger charge is 2.27. The molecule has 0 aliphatic carbocycles. The summed E-state index contributed by atoms with van der Waals surface area (Å²) in [4.78, 5) is 26.8. The molecule has 7 nitrogen and oxygen atoms in total. The molecule has 0 spiro atoms. The van der Waals surface area contributed by atoms with Crippen LogP contribution >= 0.6 is 11.6 Å². The van der Waals surface area contributed by atoms with Gasteiger partial charge in [0.15, 0.2) is 0 Å². The van der Waals surface area contributed by atoms with E-state index in [1.807, 2.05) is 4.90 Å². The van der Waals surface area contributed by atoms with Crippen molar-refractivity contribution in [1.29, 1.82) is 0 Å². The predicted octanol–water partition coefficient (Wildman–Crippen LogP) is 2.09. The Morgan fingerprint density at radius 1 is 1.11 bits per heavy atom. The number of nitrogens with zero attached hydrogens (tertiary/aromatic N) is 4. The van der Waals surface area contributed by atoms with Crippen molar-refractivity contribution in [2.45, 2.75) is 38.6 Å². The quantitative estimate of drug-likeness (QED) is 0.831. The molecular weight excluding hydrogens is 378 g/mol. The zero-order valence-corrected chi connectivity index (χ0v) is 16.5. The second kappa shape index (κ2) is 8.31. The van der Waals surface area contributed by atoms with E-state index in [-0.39, 0.29) is 17.7 Å². The fourth-order valence-electron chi connectivity index (χ4n) is 3.96. The van der Waals surface area contributed by atoms with E-state index in [1.165, 1.54) is 0 Å². The Labute approximate surface area is 169 Å². The van der Waals surface area contributed by atoms with Gasteiger partial charge in [-0.1, -0.05) is 11.6 Å². The van der Waals surface area contributed by atoms with Crippen LogP contribution in [0.4, 0.5) is 0 Å². The number of carbonyl (C=O) groups is 2. The third-order valence-corrected chi connectivity index (χ3v) is 5.83. The van der Waals surface area contributed by atoms with Crippen LogP contribution in [0.1, 0.15) is 41.3 Å². The molecule has 1 N–H and O–H groups in total. The van der Waals surface area contributed by atoms with Crippen molar-refractivity contribution in [1.82, 2.24) is 25.0 Å². The molecule has 0 radical (unpaired) electrons. The molecule has 1 saturated heterocycles. The summed E-state index contributed by atoms with van der Waals surface area (Å²) < 4.78 is 2.16. The molecule has 3 heterocycles. The molecule has 4 rings (SSSR count). The lowest BCUT2D eigenvalue weighted by molar-refractivity contribution is -0.126. The largest absolute Gasteiger partial charge is 0.355 e. The van der Waals surface area contributed by atoms with Gasteiger partial charge in [-0.25, -0.2) is 0 Å². The number of likely N-dealkylation sites (tertiary alicyclic amines) is 1. The Kier molecular flexibility index (Phi) is 5.62. The van der Waals surface area contributed by atoms with E-state index in [4.69, 9.17) is 11.6 Å². The van der Waals surface area contributed by atoms with Crippen LogP contribution in [-0.4, -0.2) is 51.1 Å². The van der Waals surface area contributed by atoms with E-state index in [9.17, 15) is 9.59 Å². The monoisotopic (exact) mass is 401 g/mol. The van der Waals surface area contributed by atoms with E-state index in [2.05, 4.69) is 20.1 Å². The number of halogens is 1. The Balaban J connectivity index is 1.22. The summed E-state index contributed by atoms with van der Waals surface area (Å²) in [5.41, 5.74) is 0.633. The normalized spacial score (nSPS) is 16.8. The number of piperidine rings is 1. The number of carbonyl (C=O) groups excluding carboxylic acids is 2. The fraction of sp³-hybridized carbons (Fsp3) is 0.500. The number of rotatable bonds is 5. The molecule has 8 heteroatoms. The number of hydrogen-bond acceptors (Lipinski definition) is 4. The summed E-state index contributed by atoms with van der Waals surface area (Å²) in [7, 11) is 0. The number of aryl methyl sites for hydroxylation is 1. The number of amides is 2. The summed E-state index contributed by atoms with van der Waals surface area (Å²) in [6.45, 7) is 2.74. The van der Waals surface area contributed by atoms with E-state index < -0.39 is 0 Å². The molecule has 0 saturated carbocycles. The molecule has 1 aromatic carbocycles. The molecule has 1 aromatic heterocycles. The van der Waals surface area contributed by atoms with Crippen LogP contribution in [0.5, 0.6) is 0 Å². The van der Waals surface area contributed by atoms with Crippen LogP contribution in [0.2, 0.25) is 5.02 Å². The minimum atomic E-state index is -0.0432. The van der Waals surface area contributed by atoms with Crippen molar-refractivity contribution in [3.05, 3.63) is 46.5 Å². The molecule has 0 bridgehead atoms. The number of nitrogens with one attached hydrogen (secondary N) is 1. The van der Waals surface area contributed by atoms with Crippen LogP contribution in [0.15, 0.2) is 24.3 Å². The minimum absolute atomic E-state index is 0.00353. The Morgan fingerprint density at radius 3 is 2.61 bits per heavy atom. The van der Waals surface area contributed by atoms with E-state index >= 15 is 0 Å². The van der Waals surface area contributed by atoms with Gasteiger partial charge in [0.2, 0.25) is 5.91 Å². The molecule has 2 aliphatic heterocycles. The average molecular weight is 402 g/mol. The van der Waals surface area contributed by atoms with Gasteiger partial charge in [-0.3, -0.25) is 9.59 Å². The molecule has 2 aliphatic rings. The maximum atomic E-state index is 12.6. The van der Waals surface area contributed by atoms with Crippen LogP contribution in [0.3, 0.4) is 0 Å². The molecular formula is C20H24ClN5O2. The third-order valence-electron chi connectivity index (χ3n) is 5.58. The molecule has 148 valence electrons. The number of benzene rings is 1. The molecule has 28 heavy (non-hydrogen) atoms. The lowest BCUT2D eigenvalue weighted by atomic mass is 9.95. The summed E-state index contributed by atoms with van der Waals surface area (Å²) in [5.74, 6) is 2.03. The van der Waals surface area contributed by atoms with Crippen LogP contribution in [-0.2, 0) is 24.2 Å². The first kappa shape index (κ1) is 18.9. The van der Waals surface area contributed by atoms with Gasteiger partial charge in [-0.05, 0) is 43.5 Å². The smallest absolute Gasteiger partial charge is 0.253 e. The van der Waals surface area contributed by atoms with Gasteiger partial charge in [0.05, 0.1) is 0 Å². The molecule has 1 fully saturated rings. The van der Waals surface area contributed by atoms with Crippen molar-refractivity contribution in [2.24, 2.45) is 5.92 Å². The standard InChI is InChI=1S/C20H24ClN5O2/c21-16-5-3-15(4-6-16)20(28)25-12-8-14(9-13-25)19(27)22-10-7-18-24-23-17-2-1-11-26(17)18/h3-6,14H,1-2,7-13H2,(H,22,27).